The standard InChI is InChI=1S/C13H22O3Si/c1-13(2,3)17(5,6)16-10-7-8-12(15-4)11(14)9-10/h7-9,14H,1-6H3. The van der Waals surface area contributed by atoms with Crippen LogP contribution in [0.4, 0.5) is 0 Å². The summed E-state index contributed by atoms with van der Waals surface area (Å²) in [6, 6.07) is 5.16. The molecule has 0 heterocycles. The minimum Gasteiger partial charge on any atom is -0.543 e. The number of benzene rings is 1. The van der Waals surface area contributed by atoms with Gasteiger partial charge in [0, 0.05) is 6.07 Å². The first-order valence-electron chi connectivity index (χ1n) is 5.73. The molecule has 0 radical (unpaired) electrons. The highest BCUT2D eigenvalue weighted by atomic mass is 28.4. The van der Waals surface area contributed by atoms with Crippen molar-refractivity contribution in [3.05, 3.63) is 18.2 Å². The molecule has 4 heteroatoms. The summed E-state index contributed by atoms with van der Waals surface area (Å²) in [5, 5.41) is 9.84. The van der Waals surface area contributed by atoms with Crippen LogP contribution in [0.5, 0.6) is 17.2 Å². The number of aromatic hydroxyl groups is 1. The molecule has 0 atom stereocenters. The lowest BCUT2D eigenvalue weighted by Gasteiger charge is -2.36. The number of phenols is 1. The van der Waals surface area contributed by atoms with Gasteiger partial charge in [-0.25, -0.2) is 0 Å². The van der Waals surface area contributed by atoms with Gasteiger partial charge in [0.2, 0.25) is 8.32 Å². The Balaban J connectivity index is 2.93. The summed E-state index contributed by atoms with van der Waals surface area (Å²) >= 11 is 0. The number of hydrogen-bond acceptors (Lipinski definition) is 3. The fourth-order valence-electron chi connectivity index (χ4n) is 1.18. The van der Waals surface area contributed by atoms with Gasteiger partial charge in [0.15, 0.2) is 11.5 Å². The molecular weight excluding hydrogens is 232 g/mol. The molecule has 0 amide bonds. The molecule has 0 bridgehead atoms. The first-order valence-corrected chi connectivity index (χ1v) is 8.64. The van der Waals surface area contributed by atoms with Gasteiger partial charge >= 0.3 is 0 Å². The molecule has 0 aliphatic rings. The Bertz CT molecular complexity index is 394. The molecule has 1 aromatic carbocycles. The van der Waals surface area contributed by atoms with Crippen molar-refractivity contribution in [2.45, 2.75) is 38.9 Å². The Labute approximate surface area is 105 Å². The Morgan fingerprint density at radius 1 is 1.18 bits per heavy atom. The molecule has 0 aliphatic carbocycles. The van der Waals surface area contributed by atoms with Gasteiger partial charge < -0.3 is 14.3 Å². The van der Waals surface area contributed by atoms with E-state index in [0.29, 0.717) is 11.5 Å². The number of hydrogen-bond donors (Lipinski definition) is 1. The van der Waals surface area contributed by atoms with Crippen LogP contribution in [-0.2, 0) is 0 Å². The lowest BCUT2D eigenvalue weighted by molar-refractivity contribution is 0.371. The quantitative estimate of drug-likeness (QED) is 0.834. The van der Waals surface area contributed by atoms with E-state index in [1.807, 2.05) is 6.07 Å². The van der Waals surface area contributed by atoms with Crippen molar-refractivity contribution in [2.24, 2.45) is 0 Å². The van der Waals surface area contributed by atoms with Gasteiger partial charge in [-0.2, -0.15) is 0 Å². The van der Waals surface area contributed by atoms with Crippen LogP contribution in [0.2, 0.25) is 18.1 Å². The molecule has 17 heavy (non-hydrogen) atoms. The second-order valence-electron chi connectivity index (χ2n) is 5.70. The van der Waals surface area contributed by atoms with Crippen molar-refractivity contribution in [3.8, 4) is 17.2 Å². The molecule has 1 aromatic rings. The van der Waals surface area contributed by atoms with Crippen molar-refractivity contribution >= 4 is 8.32 Å². The van der Waals surface area contributed by atoms with Crippen molar-refractivity contribution < 1.29 is 14.3 Å². The summed E-state index contributed by atoms with van der Waals surface area (Å²) in [7, 11) is -0.317. The topological polar surface area (TPSA) is 38.7 Å². The summed E-state index contributed by atoms with van der Waals surface area (Å²) in [4.78, 5) is 0. The molecule has 96 valence electrons. The van der Waals surface area contributed by atoms with E-state index in [2.05, 4.69) is 33.9 Å². The molecule has 1 N–H and O–H groups in total. The fourth-order valence-corrected chi connectivity index (χ4v) is 2.20. The van der Waals surface area contributed by atoms with Crippen molar-refractivity contribution in [2.75, 3.05) is 7.11 Å². The first-order chi connectivity index (χ1) is 7.67. The summed E-state index contributed by atoms with van der Waals surface area (Å²) in [6.45, 7) is 10.9. The van der Waals surface area contributed by atoms with Crippen LogP contribution in [0.1, 0.15) is 20.8 Å². The third-order valence-electron chi connectivity index (χ3n) is 3.33. The van der Waals surface area contributed by atoms with Crippen molar-refractivity contribution in [3.63, 3.8) is 0 Å². The van der Waals surface area contributed by atoms with Gasteiger partial charge in [0.25, 0.3) is 0 Å². The van der Waals surface area contributed by atoms with E-state index in [1.165, 1.54) is 7.11 Å². The second kappa shape index (κ2) is 4.60. The largest absolute Gasteiger partial charge is 0.543 e. The van der Waals surface area contributed by atoms with E-state index in [9.17, 15) is 5.11 Å². The van der Waals surface area contributed by atoms with Crippen molar-refractivity contribution in [1.82, 2.24) is 0 Å². The molecule has 0 fully saturated rings. The SMILES string of the molecule is COc1ccc(O[Si](C)(C)C(C)(C)C)cc1O. The molecule has 0 unspecified atom stereocenters. The Kier molecular flexibility index (Phi) is 3.77. The molecule has 0 spiro atoms. The van der Waals surface area contributed by atoms with E-state index in [0.717, 1.165) is 0 Å². The maximum atomic E-state index is 9.70. The van der Waals surface area contributed by atoms with Crippen molar-refractivity contribution in [1.29, 1.82) is 0 Å². The minimum absolute atomic E-state index is 0.115. The van der Waals surface area contributed by atoms with Crippen LogP contribution in [0.15, 0.2) is 18.2 Å². The molecule has 0 aliphatic heterocycles. The number of ether oxygens (including phenoxy) is 1. The molecule has 0 aromatic heterocycles. The fraction of sp³-hybridized carbons (Fsp3) is 0.538. The first kappa shape index (κ1) is 13.9. The van der Waals surface area contributed by atoms with Crippen LogP contribution in [0.3, 0.4) is 0 Å². The zero-order chi connectivity index (χ0) is 13.3. The van der Waals surface area contributed by atoms with E-state index < -0.39 is 8.32 Å². The van der Waals surface area contributed by atoms with E-state index >= 15 is 0 Å². The lowest BCUT2D eigenvalue weighted by Crippen LogP contribution is -2.43. The summed E-state index contributed by atoms with van der Waals surface area (Å²) in [5.74, 6) is 1.28. The summed E-state index contributed by atoms with van der Waals surface area (Å²) < 4.78 is 11.1. The zero-order valence-electron chi connectivity index (χ0n) is 11.5. The predicted molar refractivity (Wildman–Crippen MR) is 72.5 cm³/mol. The second-order valence-corrected chi connectivity index (χ2v) is 10.4. The Morgan fingerprint density at radius 3 is 2.18 bits per heavy atom. The van der Waals surface area contributed by atoms with Gasteiger partial charge in [0.05, 0.1) is 7.11 Å². The minimum atomic E-state index is -1.85. The molecule has 3 nitrogen and oxygen atoms in total. The summed E-state index contributed by atoms with van der Waals surface area (Å²) in [6.07, 6.45) is 0. The predicted octanol–water partition coefficient (Wildman–Crippen LogP) is 3.78. The highest BCUT2D eigenvalue weighted by Crippen LogP contribution is 2.39. The van der Waals surface area contributed by atoms with Crippen LogP contribution in [0, 0.1) is 0 Å². The third kappa shape index (κ3) is 3.16. The highest BCUT2D eigenvalue weighted by molar-refractivity contribution is 6.74. The van der Waals surface area contributed by atoms with Crippen LogP contribution in [0.25, 0.3) is 0 Å². The van der Waals surface area contributed by atoms with Gasteiger partial charge in [-0.05, 0) is 30.3 Å². The van der Waals surface area contributed by atoms with Gasteiger partial charge in [0.1, 0.15) is 5.75 Å². The molecule has 0 saturated heterocycles. The average Bonchev–Trinajstić information content (AvgIpc) is 2.15. The van der Waals surface area contributed by atoms with Crippen LogP contribution < -0.4 is 9.16 Å². The van der Waals surface area contributed by atoms with Gasteiger partial charge in [-0.1, -0.05) is 20.8 Å². The molecule has 1 rings (SSSR count). The zero-order valence-corrected chi connectivity index (χ0v) is 12.5. The monoisotopic (exact) mass is 254 g/mol. The third-order valence-corrected chi connectivity index (χ3v) is 7.69. The Hall–Kier alpha value is -1.16. The van der Waals surface area contributed by atoms with Crippen LogP contribution in [-0.4, -0.2) is 20.5 Å². The van der Waals surface area contributed by atoms with E-state index in [-0.39, 0.29) is 10.8 Å². The Morgan fingerprint density at radius 2 is 1.76 bits per heavy atom. The maximum Gasteiger partial charge on any atom is 0.250 e. The number of methoxy groups -OCH3 is 1. The summed E-state index contributed by atoms with van der Waals surface area (Å²) in [5.41, 5.74) is 0. The number of rotatable bonds is 3. The van der Waals surface area contributed by atoms with E-state index in [1.54, 1.807) is 12.1 Å². The van der Waals surface area contributed by atoms with Gasteiger partial charge in [-0.15, -0.1) is 0 Å². The van der Waals surface area contributed by atoms with E-state index in [4.69, 9.17) is 9.16 Å². The average molecular weight is 254 g/mol. The highest BCUT2D eigenvalue weighted by Gasteiger charge is 2.39. The van der Waals surface area contributed by atoms with Crippen LogP contribution >= 0.6 is 0 Å². The normalized spacial score (nSPS) is 12.4. The van der Waals surface area contributed by atoms with Gasteiger partial charge in [-0.3, -0.25) is 0 Å². The molecule has 0 saturated carbocycles. The lowest BCUT2D eigenvalue weighted by atomic mass is 10.2. The number of phenolic OH excluding ortho intramolecular Hbond substituents is 1. The maximum absolute atomic E-state index is 9.70. The smallest absolute Gasteiger partial charge is 0.250 e. The molecular formula is C13H22O3Si.